The highest BCUT2D eigenvalue weighted by molar-refractivity contribution is 5.91. The Morgan fingerprint density at radius 3 is 2.09 bits per heavy atom. The number of nitrogens with one attached hydrogen (secondary N) is 1. The molecule has 0 fully saturated rings. The van der Waals surface area contributed by atoms with Gasteiger partial charge in [-0.25, -0.2) is 13.6 Å². The van der Waals surface area contributed by atoms with Crippen LogP contribution in [-0.4, -0.2) is 18.5 Å². The van der Waals surface area contributed by atoms with Gasteiger partial charge in [-0.15, -0.1) is 0 Å². The predicted octanol–water partition coefficient (Wildman–Crippen LogP) is 3.00. The number of carbonyl (C=O) groups excluding carboxylic acids is 2. The van der Waals surface area contributed by atoms with Crippen LogP contribution in [0.5, 0.6) is 0 Å². The van der Waals surface area contributed by atoms with E-state index in [-0.39, 0.29) is 17.4 Å². The molecule has 1 atom stereocenters. The molecule has 0 heterocycles. The minimum Gasteiger partial charge on any atom is -0.452 e. The van der Waals surface area contributed by atoms with E-state index in [0.717, 1.165) is 17.7 Å². The largest absolute Gasteiger partial charge is 0.452 e. The van der Waals surface area contributed by atoms with Gasteiger partial charge in [0.2, 0.25) is 0 Å². The maximum Gasteiger partial charge on any atom is 0.338 e. The summed E-state index contributed by atoms with van der Waals surface area (Å²) in [5.41, 5.74) is 0.885. The topological polar surface area (TPSA) is 55.4 Å². The van der Waals surface area contributed by atoms with Crippen molar-refractivity contribution >= 4 is 11.9 Å². The van der Waals surface area contributed by atoms with Gasteiger partial charge in [0.05, 0.1) is 11.6 Å². The van der Waals surface area contributed by atoms with E-state index in [0.29, 0.717) is 0 Å². The van der Waals surface area contributed by atoms with E-state index in [4.69, 9.17) is 4.74 Å². The van der Waals surface area contributed by atoms with Gasteiger partial charge in [-0.05, 0) is 48.9 Å². The highest BCUT2D eigenvalue weighted by Crippen LogP contribution is 2.12. The Kier molecular flexibility index (Phi) is 5.41. The first-order valence-electron chi connectivity index (χ1n) is 6.93. The molecule has 1 amide bonds. The van der Waals surface area contributed by atoms with Crippen molar-refractivity contribution in [2.45, 2.75) is 13.0 Å². The molecule has 1 N–H and O–H groups in total. The molecule has 23 heavy (non-hydrogen) atoms. The number of benzene rings is 2. The van der Waals surface area contributed by atoms with Crippen LogP contribution in [0.1, 0.15) is 28.9 Å². The molecule has 0 radical (unpaired) electrons. The van der Waals surface area contributed by atoms with Gasteiger partial charge in [0.1, 0.15) is 11.6 Å². The Balaban J connectivity index is 1.83. The van der Waals surface area contributed by atoms with E-state index >= 15 is 0 Å². The summed E-state index contributed by atoms with van der Waals surface area (Å²) in [7, 11) is 0. The summed E-state index contributed by atoms with van der Waals surface area (Å²) in [4.78, 5) is 23.4. The summed E-state index contributed by atoms with van der Waals surface area (Å²) in [6.45, 7) is 1.27. The maximum absolute atomic E-state index is 12.8. The van der Waals surface area contributed by atoms with Crippen molar-refractivity contribution in [2.24, 2.45) is 0 Å². The van der Waals surface area contributed by atoms with Crippen molar-refractivity contribution in [1.82, 2.24) is 5.32 Å². The van der Waals surface area contributed by atoms with Crippen LogP contribution in [0.25, 0.3) is 0 Å². The first kappa shape index (κ1) is 16.6. The van der Waals surface area contributed by atoms with Gasteiger partial charge in [0, 0.05) is 0 Å². The smallest absolute Gasteiger partial charge is 0.338 e. The van der Waals surface area contributed by atoms with E-state index in [9.17, 15) is 18.4 Å². The second kappa shape index (κ2) is 7.49. The van der Waals surface area contributed by atoms with Crippen molar-refractivity contribution in [3.8, 4) is 0 Å². The Morgan fingerprint density at radius 2 is 1.52 bits per heavy atom. The lowest BCUT2D eigenvalue weighted by atomic mass is 10.1. The lowest BCUT2D eigenvalue weighted by Gasteiger charge is -2.14. The van der Waals surface area contributed by atoms with Crippen molar-refractivity contribution in [2.75, 3.05) is 6.61 Å². The first-order chi connectivity index (χ1) is 11.0. The number of rotatable bonds is 5. The van der Waals surface area contributed by atoms with Gasteiger partial charge in [0.15, 0.2) is 6.61 Å². The lowest BCUT2D eigenvalue weighted by molar-refractivity contribution is -0.124. The van der Waals surface area contributed by atoms with Gasteiger partial charge in [0.25, 0.3) is 5.91 Å². The Labute approximate surface area is 132 Å². The van der Waals surface area contributed by atoms with Crippen molar-refractivity contribution in [1.29, 1.82) is 0 Å². The molecule has 0 aliphatic carbocycles. The molecule has 2 aromatic rings. The number of hydrogen-bond acceptors (Lipinski definition) is 3. The zero-order valence-corrected chi connectivity index (χ0v) is 12.4. The van der Waals surface area contributed by atoms with Crippen molar-refractivity contribution < 1.29 is 23.1 Å². The Bertz CT molecular complexity index is 684. The fraction of sp³-hybridized carbons (Fsp3) is 0.176. The Hall–Kier alpha value is -2.76. The third-order valence-electron chi connectivity index (χ3n) is 3.16. The molecule has 0 aromatic heterocycles. The number of amides is 1. The molecular formula is C17H15F2NO3. The van der Waals surface area contributed by atoms with Gasteiger partial charge in [-0.2, -0.15) is 0 Å². The van der Waals surface area contributed by atoms with Crippen LogP contribution in [0.4, 0.5) is 8.78 Å². The van der Waals surface area contributed by atoms with E-state index in [1.807, 2.05) is 0 Å². The second-order valence-electron chi connectivity index (χ2n) is 4.92. The fourth-order valence-corrected chi connectivity index (χ4v) is 1.92. The van der Waals surface area contributed by atoms with E-state index < -0.39 is 24.3 Å². The number of ether oxygens (including phenoxy) is 1. The fourth-order valence-electron chi connectivity index (χ4n) is 1.92. The molecule has 6 heteroatoms. The molecule has 120 valence electrons. The van der Waals surface area contributed by atoms with E-state index in [2.05, 4.69) is 5.32 Å². The molecule has 0 saturated carbocycles. The van der Waals surface area contributed by atoms with Gasteiger partial charge >= 0.3 is 5.97 Å². The quantitative estimate of drug-likeness (QED) is 0.862. The number of esters is 1. The van der Waals surface area contributed by atoms with E-state index in [1.54, 1.807) is 19.1 Å². The average molecular weight is 319 g/mol. The summed E-state index contributed by atoms with van der Waals surface area (Å²) in [6, 6.07) is 10.2. The molecule has 0 unspecified atom stereocenters. The van der Waals surface area contributed by atoms with Crippen LogP contribution < -0.4 is 5.32 Å². The van der Waals surface area contributed by atoms with Crippen LogP contribution >= 0.6 is 0 Å². The summed E-state index contributed by atoms with van der Waals surface area (Å²) >= 11 is 0. The molecule has 4 nitrogen and oxygen atoms in total. The molecule has 2 aromatic carbocycles. The normalized spacial score (nSPS) is 11.6. The maximum atomic E-state index is 12.8. The minimum absolute atomic E-state index is 0.158. The lowest BCUT2D eigenvalue weighted by Crippen LogP contribution is -2.31. The molecule has 0 aliphatic rings. The van der Waals surface area contributed by atoms with Gasteiger partial charge < -0.3 is 10.1 Å². The zero-order valence-electron chi connectivity index (χ0n) is 12.4. The van der Waals surface area contributed by atoms with E-state index in [1.165, 1.54) is 24.3 Å². The molecule has 0 aliphatic heterocycles. The predicted molar refractivity (Wildman–Crippen MR) is 79.6 cm³/mol. The minimum atomic E-state index is -0.713. The summed E-state index contributed by atoms with van der Waals surface area (Å²) in [5.74, 6) is -2.03. The van der Waals surface area contributed by atoms with Crippen molar-refractivity contribution in [3.63, 3.8) is 0 Å². The molecule has 0 spiro atoms. The van der Waals surface area contributed by atoms with Crippen LogP contribution in [0.2, 0.25) is 0 Å². The summed E-state index contributed by atoms with van der Waals surface area (Å²) in [5, 5.41) is 2.63. The third kappa shape index (κ3) is 4.88. The van der Waals surface area contributed by atoms with Crippen LogP contribution in [-0.2, 0) is 9.53 Å². The average Bonchev–Trinajstić information content (AvgIpc) is 2.54. The molecular weight excluding hydrogens is 304 g/mol. The monoisotopic (exact) mass is 319 g/mol. The standard InChI is InChI=1S/C17H15F2NO3/c1-11(12-2-6-14(18)7-3-12)20-16(21)10-23-17(22)13-4-8-15(19)9-5-13/h2-9,11H,10H2,1H3,(H,20,21)/t11-/m1/s1. The Morgan fingerprint density at radius 1 is 1.00 bits per heavy atom. The molecule has 0 bridgehead atoms. The number of carbonyl (C=O) groups is 2. The van der Waals surface area contributed by atoms with Gasteiger partial charge in [-0.1, -0.05) is 12.1 Å². The number of halogens is 2. The second-order valence-corrected chi connectivity index (χ2v) is 4.92. The summed E-state index contributed by atoms with van der Waals surface area (Å²) in [6.07, 6.45) is 0. The summed E-state index contributed by atoms with van der Waals surface area (Å²) < 4.78 is 30.4. The van der Waals surface area contributed by atoms with Crippen LogP contribution in [0.15, 0.2) is 48.5 Å². The van der Waals surface area contributed by atoms with Gasteiger partial charge in [-0.3, -0.25) is 4.79 Å². The van der Waals surface area contributed by atoms with Crippen molar-refractivity contribution in [3.05, 3.63) is 71.3 Å². The SMILES string of the molecule is C[C@@H](NC(=O)COC(=O)c1ccc(F)cc1)c1ccc(F)cc1. The highest BCUT2D eigenvalue weighted by Gasteiger charge is 2.13. The molecule has 0 saturated heterocycles. The molecule has 2 rings (SSSR count). The third-order valence-corrected chi connectivity index (χ3v) is 3.16. The highest BCUT2D eigenvalue weighted by atomic mass is 19.1. The number of hydrogen-bond donors (Lipinski definition) is 1. The van der Waals surface area contributed by atoms with Crippen LogP contribution in [0.3, 0.4) is 0 Å². The first-order valence-corrected chi connectivity index (χ1v) is 6.93. The van der Waals surface area contributed by atoms with Crippen LogP contribution in [0, 0.1) is 11.6 Å². The zero-order chi connectivity index (χ0) is 16.8.